The lowest BCUT2D eigenvalue weighted by Gasteiger charge is -1.95. The molecule has 94 valence electrons. The van der Waals surface area contributed by atoms with Crippen molar-refractivity contribution in [3.05, 3.63) is 90.0 Å². The zero-order chi connectivity index (χ0) is 13.3. The molecule has 0 heterocycles. The summed E-state index contributed by atoms with van der Waals surface area (Å²) in [6.45, 7) is 0. The Hall–Kier alpha value is -2.41. The van der Waals surface area contributed by atoms with Crippen molar-refractivity contribution in [3.8, 4) is 0 Å². The molecule has 0 aliphatic rings. The first-order valence-electron chi connectivity index (χ1n) is 6.31. The van der Waals surface area contributed by atoms with Gasteiger partial charge in [-0.25, -0.2) is 0 Å². The van der Waals surface area contributed by atoms with Crippen molar-refractivity contribution in [2.24, 2.45) is 0 Å². The summed E-state index contributed by atoms with van der Waals surface area (Å²) in [5.41, 5.74) is 2.17. The summed E-state index contributed by atoms with van der Waals surface area (Å²) in [7, 11) is 0. The van der Waals surface area contributed by atoms with Crippen molar-refractivity contribution in [2.45, 2.75) is 6.42 Å². The minimum Gasteiger partial charge on any atom is -0.294 e. The smallest absolute Gasteiger partial charge is 0.160 e. The van der Waals surface area contributed by atoms with Gasteiger partial charge in [0.2, 0.25) is 0 Å². The lowest BCUT2D eigenvalue weighted by molar-refractivity contribution is -0.114. The maximum Gasteiger partial charge on any atom is 0.160 e. The fraction of sp³-hybridized carbons (Fsp3) is 0.0556. The Bertz CT molecular complexity index is 565. The van der Waals surface area contributed by atoms with Gasteiger partial charge in [-0.15, -0.1) is 0 Å². The quantitative estimate of drug-likeness (QED) is 0.576. The fourth-order valence-corrected chi connectivity index (χ4v) is 1.75. The minimum atomic E-state index is 0.115. The fourth-order valence-electron chi connectivity index (χ4n) is 1.75. The highest BCUT2D eigenvalue weighted by molar-refractivity contribution is 5.91. The van der Waals surface area contributed by atoms with Gasteiger partial charge in [-0.2, -0.15) is 0 Å². The van der Waals surface area contributed by atoms with Crippen LogP contribution in [0.15, 0.2) is 78.9 Å². The Morgan fingerprint density at radius 2 is 1.47 bits per heavy atom. The van der Waals surface area contributed by atoms with Gasteiger partial charge in [-0.3, -0.25) is 4.79 Å². The SMILES string of the molecule is O=C(/C=C/C=C/c1ccccc1)Cc1ccccc1. The molecular weight excluding hydrogens is 232 g/mol. The van der Waals surface area contributed by atoms with Crippen LogP contribution in [-0.2, 0) is 11.2 Å². The summed E-state index contributed by atoms with van der Waals surface area (Å²) in [6.07, 6.45) is 7.73. The molecule has 0 amide bonds. The second kappa shape index (κ2) is 7.12. The molecule has 1 heteroatoms. The number of carbonyl (C=O) groups is 1. The number of ketones is 1. The van der Waals surface area contributed by atoms with Crippen LogP contribution in [-0.4, -0.2) is 5.78 Å². The zero-order valence-corrected chi connectivity index (χ0v) is 10.7. The van der Waals surface area contributed by atoms with E-state index in [4.69, 9.17) is 0 Å². The Labute approximate surface area is 113 Å². The van der Waals surface area contributed by atoms with E-state index < -0.39 is 0 Å². The molecule has 0 bridgehead atoms. The summed E-state index contributed by atoms with van der Waals surface area (Å²) in [5.74, 6) is 0.115. The van der Waals surface area contributed by atoms with Crippen molar-refractivity contribution >= 4 is 11.9 Å². The third-order valence-corrected chi connectivity index (χ3v) is 2.70. The zero-order valence-electron chi connectivity index (χ0n) is 10.7. The van der Waals surface area contributed by atoms with E-state index in [1.54, 1.807) is 12.2 Å². The lowest BCUT2D eigenvalue weighted by atomic mass is 10.1. The number of benzene rings is 2. The van der Waals surface area contributed by atoms with Gasteiger partial charge in [-0.05, 0) is 17.2 Å². The van der Waals surface area contributed by atoms with E-state index in [1.165, 1.54) is 0 Å². The summed E-state index contributed by atoms with van der Waals surface area (Å²) < 4.78 is 0. The number of hydrogen-bond donors (Lipinski definition) is 0. The number of allylic oxidation sites excluding steroid dienone is 3. The molecule has 0 spiro atoms. The molecule has 0 aliphatic carbocycles. The highest BCUT2D eigenvalue weighted by Crippen LogP contribution is 2.02. The first-order valence-corrected chi connectivity index (χ1v) is 6.31. The Morgan fingerprint density at radius 3 is 2.16 bits per heavy atom. The average molecular weight is 248 g/mol. The Balaban J connectivity index is 1.86. The molecule has 0 radical (unpaired) electrons. The number of rotatable bonds is 5. The third-order valence-electron chi connectivity index (χ3n) is 2.70. The molecule has 19 heavy (non-hydrogen) atoms. The van der Waals surface area contributed by atoms with Gasteiger partial charge in [-0.1, -0.05) is 78.9 Å². The second-order valence-corrected chi connectivity index (χ2v) is 4.26. The van der Waals surface area contributed by atoms with Gasteiger partial charge in [0.1, 0.15) is 0 Å². The molecule has 0 saturated carbocycles. The number of hydrogen-bond acceptors (Lipinski definition) is 1. The predicted octanol–water partition coefficient (Wildman–Crippen LogP) is 4.07. The van der Waals surface area contributed by atoms with Crippen molar-refractivity contribution < 1.29 is 4.79 Å². The molecule has 0 aromatic heterocycles. The molecule has 2 aromatic rings. The molecule has 2 rings (SSSR count). The molecule has 0 N–H and O–H groups in total. The van der Waals surface area contributed by atoms with E-state index in [2.05, 4.69) is 0 Å². The molecule has 1 nitrogen and oxygen atoms in total. The molecular formula is C18H16O. The molecule has 2 aromatic carbocycles. The van der Waals surface area contributed by atoms with Crippen LogP contribution in [0, 0.1) is 0 Å². The molecule has 0 fully saturated rings. The predicted molar refractivity (Wildman–Crippen MR) is 79.8 cm³/mol. The maximum atomic E-state index is 11.7. The van der Waals surface area contributed by atoms with Crippen LogP contribution in [0.25, 0.3) is 6.08 Å². The maximum absolute atomic E-state index is 11.7. The number of carbonyl (C=O) groups excluding carboxylic acids is 1. The summed E-state index contributed by atoms with van der Waals surface area (Å²) in [6, 6.07) is 19.8. The van der Waals surface area contributed by atoms with Gasteiger partial charge in [0.05, 0.1) is 0 Å². The average Bonchev–Trinajstić information content (AvgIpc) is 2.46. The Morgan fingerprint density at radius 1 is 0.842 bits per heavy atom. The van der Waals surface area contributed by atoms with Crippen LogP contribution in [0.2, 0.25) is 0 Å². The van der Waals surface area contributed by atoms with E-state index in [1.807, 2.05) is 72.8 Å². The Kier molecular flexibility index (Phi) is 4.88. The highest BCUT2D eigenvalue weighted by atomic mass is 16.1. The van der Waals surface area contributed by atoms with E-state index in [0.29, 0.717) is 6.42 Å². The molecule has 0 atom stereocenters. The van der Waals surface area contributed by atoms with Crippen LogP contribution in [0.5, 0.6) is 0 Å². The van der Waals surface area contributed by atoms with Crippen LogP contribution >= 0.6 is 0 Å². The van der Waals surface area contributed by atoms with Crippen molar-refractivity contribution in [1.82, 2.24) is 0 Å². The van der Waals surface area contributed by atoms with E-state index in [0.717, 1.165) is 11.1 Å². The standard InChI is InChI=1S/C18H16O/c19-18(15-17-12-5-2-6-13-17)14-8-7-11-16-9-3-1-4-10-16/h1-14H,15H2/b11-7+,14-8+. The molecule has 0 saturated heterocycles. The minimum absolute atomic E-state index is 0.115. The van der Waals surface area contributed by atoms with E-state index >= 15 is 0 Å². The summed E-state index contributed by atoms with van der Waals surface area (Å²) in [5, 5.41) is 0. The normalized spacial score (nSPS) is 11.2. The second-order valence-electron chi connectivity index (χ2n) is 4.26. The van der Waals surface area contributed by atoms with Gasteiger partial charge in [0.25, 0.3) is 0 Å². The van der Waals surface area contributed by atoms with Crippen molar-refractivity contribution in [1.29, 1.82) is 0 Å². The summed E-state index contributed by atoms with van der Waals surface area (Å²) in [4.78, 5) is 11.7. The van der Waals surface area contributed by atoms with Gasteiger partial charge >= 0.3 is 0 Å². The van der Waals surface area contributed by atoms with Gasteiger partial charge in [0, 0.05) is 6.42 Å². The monoisotopic (exact) mass is 248 g/mol. The van der Waals surface area contributed by atoms with Crippen LogP contribution in [0.1, 0.15) is 11.1 Å². The highest BCUT2D eigenvalue weighted by Gasteiger charge is 1.97. The van der Waals surface area contributed by atoms with Gasteiger partial charge in [0.15, 0.2) is 5.78 Å². The van der Waals surface area contributed by atoms with Gasteiger partial charge < -0.3 is 0 Å². The third kappa shape index (κ3) is 4.76. The van der Waals surface area contributed by atoms with Crippen LogP contribution in [0.4, 0.5) is 0 Å². The first kappa shape index (κ1) is 13.0. The largest absolute Gasteiger partial charge is 0.294 e. The topological polar surface area (TPSA) is 17.1 Å². The van der Waals surface area contributed by atoms with Crippen molar-refractivity contribution in [3.63, 3.8) is 0 Å². The van der Waals surface area contributed by atoms with Crippen LogP contribution < -0.4 is 0 Å². The van der Waals surface area contributed by atoms with Crippen molar-refractivity contribution in [2.75, 3.05) is 0 Å². The first-order chi connectivity index (χ1) is 9.34. The summed E-state index contributed by atoms with van der Waals surface area (Å²) >= 11 is 0. The molecule has 0 unspecified atom stereocenters. The van der Waals surface area contributed by atoms with E-state index in [9.17, 15) is 4.79 Å². The molecule has 0 aliphatic heterocycles. The lowest BCUT2D eigenvalue weighted by Crippen LogP contribution is -1.97. The van der Waals surface area contributed by atoms with Crippen LogP contribution in [0.3, 0.4) is 0 Å². The van der Waals surface area contributed by atoms with E-state index in [-0.39, 0.29) is 5.78 Å².